The number of likely N-dealkylation sites (tertiary alicyclic amines) is 1. The van der Waals surface area contributed by atoms with Gasteiger partial charge in [0.15, 0.2) is 0 Å². The molecule has 0 bridgehead atoms. The average Bonchev–Trinajstić information content (AvgIpc) is 3.27. The molecule has 2 aromatic heterocycles. The van der Waals surface area contributed by atoms with E-state index in [1.54, 1.807) is 37.6 Å². The largest absolute Gasteiger partial charge is 0.497 e. The number of nitrogens with one attached hydrogen (secondary N) is 2. The second kappa shape index (κ2) is 9.65. The van der Waals surface area contributed by atoms with E-state index in [2.05, 4.69) is 32.4 Å². The van der Waals surface area contributed by atoms with E-state index >= 15 is 0 Å². The first-order valence-electron chi connectivity index (χ1n) is 11.5. The van der Waals surface area contributed by atoms with E-state index in [0.29, 0.717) is 16.8 Å². The first-order chi connectivity index (χ1) is 16.6. The number of aromatic nitrogens is 2. The molecule has 1 aliphatic rings. The Kier molecular flexibility index (Phi) is 6.27. The molecule has 0 radical (unpaired) electrons. The molecule has 0 spiro atoms. The van der Waals surface area contributed by atoms with Crippen molar-refractivity contribution in [3.63, 3.8) is 0 Å². The van der Waals surface area contributed by atoms with E-state index in [4.69, 9.17) is 4.74 Å². The normalized spacial score (nSPS) is 14.9. The predicted molar refractivity (Wildman–Crippen MR) is 130 cm³/mol. The lowest BCUT2D eigenvalue weighted by molar-refractivity contribution is 0.0908. The lowest BCUT2D eigenvalue weighted by Crippen LogP contribution is -2.44. The van der Waals surface area contributed by atoms with Crippen molar-refractivity contribution >= 4 is 16.8 Å². The van der Waals surface area contributed by atoms with Gasteiger partial charge in [0.1, 0.15) is 11.6 Å². The molecule has 0 saturated carbocycles. The van der Waals surface area contributed by atoms with E-state index in [-0.39, 0.29) is 17.8 Å². The minimum atomic E-state index is -0.308. The van der Waals surface area contributed by atoms with E-state index in [1.807, 2.05) is 12.1 Å². The Labute approximate surface area is 197 Å². The fourth-order valence-corrected chi connectivity index (χ4v) is 4.51. The summed E-state index contributed by atoms with van der Waals surface area (Å²) in [5, 5.41) is 4.32. The Hall–Kier alpha value is -3.71. The van der Waals surface area contributed by atoms with Crippen molar-refractivity contribution in [2.45, 2.75) is 25.4 Å². The third-order valence-corrected chi connectivity index (χ3v) is 6.44. The predicted octanol–water partition coefficient (Wildman–Crippen LogP) is 4.77. The Balaban J connectivity index is 1.15. The summed E-state index contributed by atoms with van der Waals surface area (Å²) < 4.78 is 18.8. The zero-order valence-corrected chi connectivity index (χ0v) is 19.1. The summed E-state index contributed by atoms with van der Waals surface area (Å²) in [5.74, 6) is 0.422. The molecule has 1 amide bonds. The van der Waals surface area contributed by atoms with Gasteiger partial charge in [-0.1, -0.05) is 12.1 Å². The molecule has 0 unspecified atom stereocenters. The van der Waals surface area contributed by atoms with Crippen molar-refractivity contribution < 1.29 is 13.9 Å². The van der Waals surface area contributed by atoms with Gasteiger partial charge in [0.05, 0.1) is 18.4 Å². The third kappa shape index (κ3) is 4.79. The van der Waals surface area contributed by atoms with Gasteiger partial charge in [-0.25, -0.2) is 4.39 Å². The highest BCUT2D eigenvalue weighted by molar-refractivity contribution is 5.94. The van der Waals surface area contributed by atoms with Crippen molar-refractivity contribution in [3.05, 3.63) is 83.9 Å². The van der Waals surface area contributed by atoms with Gasteiger partial charge in [-0.05, 0) is 60.9 Å². The SMILES string of the molecule is COc1ccc2[nH]cc(CN3CCC(NC(=O)c4ccc(-c5cccc(F)c5)nc4)CC3)c2c1. The molecule has 2 aromatic carbocycles. The minimum Gasteiger partial charge on any atom is -0.497 e. The van der Waals surface area contributed by atoms with Crippen molar-refractivity contribution in [1.29, 1.82) is 0 Å². The maximum absolute atomic E-state index is 13.5. The Morgan fingerprint density at radius 1 is 1.18 bits per heavy atom. The highest BCUT2D eigenvalue weighted by Gasteiger charge is 2.22. The van der Waals surface area contributed by atoms with Crippen LogP contribution in [0, 0.1) is 5.82 Å². The number of aromatic amines is 1. The molecule has 7 heteroatoms. The van der Waals surface area contributed by atoms with Gasteiger partial charge in [-0.2, -0.15) is 0 Å². The molecule has 1 fully saturated rings. The monoisotopic (exact) mass is 458 g/mol. The van der Waals surface area contributed by atoms with Crippen LogP contribution in [0.25, 0.3) is 22.2 Å². The number of amides is 1. The molecule has 6 nitrogen and oxygen atoms in total. The Morgan fingerprint density at radius 2 is 2.03 bits per heavy atom. The van der Waals surface area contributed by atoms with Crippen molar-refractivity contribution in [2.75, 3.05) is 20.2 Å². The second-order valence-corrected chi connectivity index (χ2v) is 8.69. The zero-order valence-electron chi connectivity index (χ0n) is 19.1. The average molecular weight is 459 g/mol. The highest BCUT2D eigenvalue weighted by Crippen LogP contribution is 2.25. The van der Waals surface area contributed by atoms with Crippen LogP contribution in [-0.4, -0.2) is 47.0 Å². The summed E-state index contributed by atoms with van der Waals surface area (Å²) in [7, 11) is 1.68. The van der Waals surface area contributed by atoms with Gasteiger partial charge in [0.25, 0.3) is 5.91 Å². The number of nitrogens with zero attached hydrogens (tertiary/aromatic N) is 2. The number of halogens is 1. The summed E-state index contributed by atoms with van der Waals surface area (Å²) in [5.41, 5.74) is 4.19. The van der Waals surface area contributed by atoms with Crippen LogP contribution in [0.4, 0.5) is 4.39 Å². The number of pyridine rings is 1. The molecule has 0 atom stereocenters. The topological polar surface area (TPSA) is 70.2 Å². The molecule has 2 N–H and O–H groups in total. The van der Waals surface area contributed by atoms with Gasteiger partial charge in [-0.3, -0.25) is 14.7 Å². The van der Waals surface area contributed by atoms with Crippen LogP contribution in [-0.2, 0) is 6.54 Å². The van der Waals surface area contributed by atoms with Crippen molar-refractivity contribution in [3.8, 4) is 17.0 Å². The number of rotatable bonds is 6. The molecule has 0 aliphatic carbocycles. The van der Waals surface area contributed by atoms with Crippen LogP contribution in [0.5, 0.6) is 5.75 Å². The molecular formula is C27H27FN4O2. The number of methoxy groups -OCH3 is 1. The van der Waals surface area contributed by atoms with E-state index in [0.717, 1.165) is 43.7 Å². The summed E-state index contributed by atoms with van der Waals surface area (Å²) in [6.45, 7) is 2.69. The first-order valence-corrected chi connectivity index (χ1v) is 11.5. The number of H-pyrrole nitrogens is 1. The van der Waals surface area contributed by atoms with E-state index < -0.39 is 0 Å². The number of piperidine rings is 1. The molecule has 1 aliphatic heterocycles. The van der Waals surface area contributed by atoms with Crippen LogP contribution in [0.2, 0.25) is 0 Å². The van der Waals surface area contributed by atoms with Gasteiger partial charge in [0, 0.05) is 54.5 Å². The number of carbonyl (C=O) groups is 1. The molecule has 5 rings (SSSR count). The molecular weight excluding hydrogens is 431 g/mol. The van der Waals surface area contributed by atoms with Crippen LogP contribution in [0.3, 0.4) is 0 Å². The van der Waals surface area contributed by atoms with Crippen LogP contribution in [0.15, 0.2) is 67.0 Å². The second-order valence-electron chi connectivity index (χ2n) is 8.69. The number of hydrogen-bond donors (Lipinski definition) is 2. The number of benzene rings is 2. The number of hydrogen-bond acceptors (Lipinski definition) is 4. The fourth-order valence-electron chi connectivity index (χ4n) is 4.51. The van der Waals surface area contributed by atoms with Crippen molar-refractivity contribution in [2.24, 2.45) is 0 Å². The standard InChI is InChI=1S/C27H27FN4O2/c1-34-23-6-8-26-24(14-23)20(16-30-26)17-32-11-9-22(10-12-32)31-27(33)19-5-7-25(29-15-19)18-3-2-4-21(28)13-18/h2-8,13-16,22,30H,9-12,17H2,1H3,(H,31,33). The summed E-state index contributed by atoms with van der Waals surface area (Å²) in [6, 6.07) is 16.0. The van der Waals surface area contributed by atoms with E-state index in [1.165, 1.54) is 23.1 Å². The molecule has 34 heavy (non-hydrogen) atoms. The minimum absolute atomic E-state index is 0.125. The molecule has 3 heterocycles. The van der Waals surface area contributed by atoms with Crippen LogP contribution >= 0.6 is 0 Å². The summed E-state index contributed by atoms with van der Waals surface area (Å²) in [6.07, 6.45) is 5.41. The van der Waals surface area contributed by atoms with E-state index in [9.17, 15) is 9.18 Å². The van der Waals surface area contributed by atoms with Gasteiger partial charge < -0.3 is 15.0 Å². The van der Waals surface area contributed by atoms with Gasteiger partial charge >= 0.3 is 0 Å². The van der Waals surface area contributed by atoms with Crippen molar-refractivity contribution in [1.82, 2.24) is 20.2 Å². The van der Waals surface area contributed by atoms with Crippen LogP contribution < -0.4 is 10.1 Å². The third-order valence-electron chi connectivity index (χ3n) is 6.44. The Bertz CT molecular complexity index is 1290. The van der Waals surface area contributed by atoms with Crippen LogP contribution in [0.1, 0.15) is 28.8 Å². The molecule has 4 aromatic rings. The lowest BCUT2D eigenvalue weighted by atomic mass is 10.0. The zero-order chi connectivity index (χ0) is 23.5. The Morgan fingerprint density at radius 3 is 2.76 bits per heavy atom. The first kappa shape index (κ1) is 22.1. The number of ether oxygens (including phenoxy) is 1. The summed E-state index contributed by atoms with van der Waals surface area (Å²) in [4.78, 5) is 22.8. The maximum Gasteiger partial charge on any atom is 0.253 e. The van der Waals surface area contributed by atoms with Gasteiger partial charge in [-0.15, -0.1) is 0 Å². The quantitative estimate of drug-likeness (QED) is 0.437. The molecule has 174 valence electrons. The smallest absolute Gasteiger partial charge is 0.253 e. The fraction of sp³-hybridized carbons (Fsp3) is 0.259. The lowest BCUT2D eigenvalue weighted by Gasteiger charge is -2.32. The number of carbonyl (C=O) groups excluding carboxylic acids is 1. The highest BCUT2D eigenvalue weighted by atomic mass is 19.1. The number of fused-ring (bicyclic) bond motifs is 1. The van der Waals surface area contributed by atoms with Gasteiger partial charge in [0.2, 0.25) is 0 Å². The maximum atomic E-state index is 13.5. The summed E-state index contributed by atoms with van der Waals surface area (Å²) >= 11 is 0. The molecule has 1 saturated heterocycles.